The first kappa shape index (κ1) is 11.5. The fourth-order valence-corrected chi connectivity index (χ4v) is 1.52. The lowest BCUT2D eigenvalue weighted by Crippen LogP contribution is -2.22. The number of rotatable bonds is 3. The Morgan fingerprint density at radius 2 is 2.27 bits per heavy atom. The van der Waals surface area contributed by atoms with Gasteiger partial charge in [0.25, 0.3) is 0 Å². The Bertz CT molecular complexity index is 380. The van der Waals surface area contributed by atoms with Crippen molar-refractivity contribution in [2.45, 2.75) is 13.0 Å². The third-order valence-electron chi connectivity index (χ3n) is 2.22. The number of hydrogen-bond acceptors (Lipinski definition) is 2. The van der Waals surface area contributed by atoms with Gasteiger partial charge in [0.05, 0.1) is 12.2 Å². The summed E-state index contributed by atoms with van der Waals surface area (Å²) in [5.41, 5.74) is 7.03. The van der Waals surface area contributed by atoms with Gasteiger partial charge in [0.2, 0.25) is 0 Å². The molecule has 0 saturated carbocycles. The molecule has 0 amide bonds. The van der Waals surface area contributed by atoms with Gasteiger partial charge < -0.3 is 10.6 Å². The number of nitrogens with two attached hydrogens (primary N) is 1. The maximum Gasteiger partial charge on any atom is 0.146 e. The van der Waals surface area contributed by atoms with Gasteiger partial charge in [-0.05, 0) is 18.6 Å². The second kappa shape index (κ2) is 4.81. The normalized spacial score (nSPS) is 11.9. The summed E-state index contributed by atoms with van der Waals surface area (Å²) in [4.78, 5) is 1.69. The Kier molecular flexibility index (Phi) is 3.70. The third-order valence-corrected chi connectivity index (χ3v) is 2.22. The van der Waals surface area contributed by atoms with E-state index in [-0.39, 0.29) is 11.9 Å². The zero-order valence-corrected chi connectivity index (χ0v) is 9.00. The largest absolute Gasteiger partial charge is 0.361 e. The van der Waals surface area contributed by atoms with Crippen molar-refractivity contribution in [3.63, 3.8) is 0 Å². The SMILES string of the molecule is C#CCN(C)c1c(F)cccc1[C@@H](C)N. The topological polar surface area (TPSA) is 29.3 Å². The molecule has 0 aromatic heterocycles. The van der Waals surface area contributed by atoms with E-state index in [1.165, 1.54) is 6.07 Å². The summed E-state index contributed by atoms with van der Waals surface area (Å²) in [5.74, 6) is 2.19. The average molecular weight is 206 g/mol. The first-order valence-electron chi connectivity index (χ1n) is 4.76. The number of terminal acetylenes is 1. The highest BCUT2D eigenvalue weighted by Gasteiger charge is 2.14. The summed E-state index contributed by atoms with van der Waals surface area (Å²) < 4.78 is 13.6. The highest BCUT2D eigenvalue weighted by molar-refractivity contribution is 5.56. The van der Waals surface area contributed by atoms with E-state index in [2.05, 4.69) is 5.92 Å². The number of para-hydroxylation sites is 1. The maximum absolute atomic E-state index is 13.6. The van der Waals surface area contributed by atoms with Gasteiger partial charge in [0.1, 0.15) is 5.82 Å². The highest BCUT2D eigenvalue weighted by Crippen LogP contribution is 2.27. The lowest BCUT2D eigenvalue weighted by Gasteiger charge is -2.22. The molecule has 2 nitrogen and oxygen atoms in total. The monoisotopic (exact) mass is 206 g/mol. The van der Waals surface area contributed by atoms with Crippen molar-refractivity contribution in [3.8, 4) is 12.3 Å². The number of hydrogen-bond donors (Lipinski definition) is 1. The quantitative estimate of drug-likeness (QED) is 0.765. The molecule has 0 bridgehead atoms. The first-order valence-corrected chi connectivity index (χ1v) is 4.76. The molecule has 0 aliphatic heterocycles. The molecule has 3 heteroatoms. The van der Waals surface area contributed by atoms with Gasteiger partial charge in [0.15, 0.2) is 0 Å². The van der Waals surface area contributed by atoms with Crippen LogP contribution in [0.1, 0.15) is 18.5 Å². The van der Waals surface area contributed by atoms with Gasteiger partial charge in [0, 0.05) is 13.1 Å². The standard InChI is InChI=1S/C12H15FN2/c1-4-8-15(3)12-10(9(2)14)6-5-7-11(12)13/h1,5-7,9H,8,14H2,2-3H3/t9-/m1/s1. The summed E-state index contributed by atoms with van der Waals surface area (Å²) in [6.45, 7) is 2.18. The highest BCUT2D eigenvalue weighted by atomic mass is 19.1. The number of halogens is 1. The molecule has 1 aromatic carbocycles. The first-order chi connectivity index (χ1) is 7.07. The maximum atomic E-state index is 13.6. The van der Waals surface area contributed by atoms with E-state index in [1.807, 2.05) is 13.0 Å². The lowest BCUT2D eigenvalue weighted by molar-refractivity contribution is 0.619. The van der Waals surface area contributed by atoms with Crippen molar-refractivity contribution < 1.29 is 4.39 Å². The summed E-state index contributed by atoms with van der Waals surface area (Å²) in [5, 5.41) is 0. The van der Waals surface area contributed by atoms with Crippen LogP contribution in [0.25, 0.3) is 0 Å². The minimum atomic E-state index is -0.289. The van der Waals surface area contributed by atoms with E-state index in [4.69, 9.17) is 12.2 Å². The molecule has 0 heterocycles. The number of anilines is 1. The summed E-state index contributed by atoms with van der Waals surface area (Å²) in [7, 11) is 1.75. The molecule has 0 aliphatic carbocycles. The number of benzene rings is 1. The van der Waals surface area contributed by atoms with Crippen LogP contribution in [0.2, 0.25) is 0 Å². The molecule has 1 rings (SSSR count). The Morgan fingerprint density at radius 3 is 2.80 bits per heavy atom. The molecule has 0 radical (unpaired) electrons. The molecule has 0 saturated heterocycles. The van der Waals surface area contributed by atoms with Crippen LogP contribution in [0.15, 0.2) is 18.2 Å². The smallest absolute Gasteiger partial charge is 0.146 e. The third kappa shape index (κ3) is 2.48. The van der Waals surface area contributed by atoms with Crippen molar-refractivity contribution in [2.24, 2.45) is 5.73 Å². The lowest BCUT2D eigenvalue weighted by atomic mass is 10.1. The van der Waals surface area contributed by atoms with Gasteiger partial charge in [-0.2, -0.15) is 0 Å². The Labute approximate surface area is 89.9 Å². The van der Waals surface area contributed by atoms with Crippen molar-refractivity contribution in [1.82, 2.24) is 0 Å². The Morgan fingerprint density at radius 1 is 1.60 bits per heavy atom. The zero-order valence-electron chi connectivity index (χ0n) is 9.00. The summed E-state index contributed by atoms with van der Waals surface area (Å²) in [6, 6.07) is 4.67. The molecule has 0 unspecified atom stereocenters. The molecule has 80 valence electrons. The predicted octanol–water partition coefficient (Wildman–Crippen LogP) is 1.91. The van der Waals surface area contributed by atoms with E-state index in [0.717, 1.165) is 5.56 Å². The van der Waals surface area contributed by atoms with Gasteiger partial charge in [-0.1, -0.05) is 18.1 Å². The molecule has 0 fully saturated rings. The van der Waals surface area contributed by atoms with Gasteiger partial charge in [-0.25, -0.2) is 4.39 Å². The van der Waals surface area contributed by atoms with Crippen LogP contribution >= 0.6 is 0 Å². The summed E-state index contributed by atoms with van der Waals surface area (Å²) in [6.07, 6.45) is 5.20. The Hall–Kier alpha value is -1.53. The van der Waals surface area contributed by atoms with E-state index in [0.29, 0.717) is 12.2 Å². The fraction of sp³-hybridized carbons (Fsp3) is 0.333. The molecule has 15 heavy (non-hydrogen) atoms. The van der Waals surface area contributed by atoms with Crippen molar-refractivity contribution in [3.05, 3.63) is 29.6 Å². The number of nitrogens with zero attached hydrogens (tertiary/aromatic N) is 1. The summed E-state index contributed by atoms with van der Waals surface area (Å²) >= 11 is 0. The Balaban J connectivity index is 3.19. The van der Waals surface area contributed by atoms with E-state index >= 15 is 0 Å². The molecular weight excluding hydrogens is 191 g/mol. The van der Waals surface area contributed by atoms with E-state index in [9.17, 15) is 4.39 Å². The fourth-order valence-electron chi connectivity index (χ4n) is 1.52. The second-order valence-electron chi connectivity index (χ2n) is 3.53. The van der Waals surface area contributed by atoms with Crippen LogP contribution in [0.4, 0.5) is 10.1 Å². The molecule has 0 aliphatic rings. The van der Waals surface area contributed by atoms with Crippen LogP contribution in [0, 0.1) is 18.2 Å². The molecule has 0 spiro atoms. The van der Waals surface area contributed by atoms with Crippen LogP contribution in [0.3, 0.4) is 0 Å². The molecule has 1 aromatic rings. The predicted molar refractivity (Wildman–Crippen MR) is 61.1 cm³/mol. The van der Waals surface area contributed by atoms with Gasteiger partial charge in [-0.15, -0.1) is 6.42 Å². The molecule has 1 atom stereocenters. The molecule has 2 N–H and O–H groups in total. The zero-order chi connectivity index (χ0) is 11.4. The van der Waals surface area contributed by atoms with Crippen molar-refractivity contribution in [2.75, 3.05) is 18.5 Å². The minimum Gasteiger partial charge on any atom is -0.361 e. The average Bonchev–Trinajstić information content (AvgIpc) is 2.17. The van der Waals surface area contributed by atoms with Crippen molar-refractivity contribution >= 4 is 5.69 Å². The van der Waals surface area contributed by atoms with Gasteiger partial charge in [-0.3, -0.25) is 0 Å². The minimum absolute atomic E-state index is 0.212. The van der Waals surface area contributed by atoms with Crippen molar-refractivity contribution in [1.29, 1.82) is 0 Å². The van der Waals surface area contributed by atoms with E-state index in [1.54, 1.807) is 18.0 Å². The van der Waals surface area contributed by atoms with Crippen LogP contribution in [-0.4, -0.2) is 13.6 Å². The second-order valence-corrected chi connectivity index (χ2v) is 3.53. The van der Waals surface area contributed by atoms with E-state index < -0.39 is 0 Å². The molecular formula is C12H15FN2. The van der Waals surface area contributed by atoms with Crippen LogP contribution in [0.5, 0.6) is 0 Å². The van der Waals surface area contributed by atoms with Crippen LogP contribution in [-0.2, 0) is 0 Å². The van der Waals surface area contributed by atoms with Gasteiger partial charge >= 0.3 is 0 Å². The van der Waals surface area contributed by atoms with Crippen LogP contribution < -0.4 is 10.6 Å².